The van der Waals surface area contributed by atoms with E-state index in [4.69, 9.17) is 31.8 Å². The number of ether oxygens (including phenoxy) is 2. The largest absolute Gasteiger partial charge is 0.443 e. The molecular formula is C22H32ClN3O6S. The van der Waals surface area contributed by atoms with Gasteiger partial charge in [-0.1, -0.05) is 17.7 Å². The summed E-state index contributed by atoms with van der Waals surface area (Å²) in [5.41, 5.74) is 0.411. The molecule has 33 heavy (non-hydrogen) atoms. The van der Waals surface area contributed by atoms with E-state index in [-0.39, 0.29) is 46.3 Å². The lowest BCUT2D eigenvalue weighted by molar-refractivity contribution is -0.0554. The molecule has 11 heteroatoms. The molecule has 1 aliphatic heterocycles. The smallest absolute Gasteiger partial charge is 0.410 e. The number of piperidine rings is 1. The van der Waals surface area contributed by atoms with E-state index in [2.05, 4.69) is 4.99 Å². The standard InChI is InChI=1S/C22H32ClN3O6S/c1-15(16-5-6-19(18(23)13-16)33(3,28)29)25-20(32-24)14-30-17-7-11-26(12-8-17)21(27)31-22(2)9-4-10-22/h5-6,13,15,17H,4,7-12,14,24H2,1-3H3. The van der Waals surface area contributed by atoms with Gasteiger partial charge in [0.25, 0.3) is 0 Å². The number of benzene rings is 1. The quantitative estimate of drug-likeness (QED) is 0.344. The van der Waals surface area contributed by atoms with Crippen LogP contribution in [0.2, 0.25) is 5.02 Å². The summed E-state index contributed by atoms with van der Waals surface area (Å²) in [7, 11) is -3.41. The number of nitrogens with two attached hydrogens (primary N) is 1. The maximum atomic E-state index is 12.3. The zero-order valence-electron chi connectivity index (χ0n) is 19.3. The number of nitrogens with zero attached hydrogens (tertiary/aromatic N) is 2. The second-order valence-corrected chi connectivity index (χ2v) is 11.3. The molecule has 1 aromatic rings. The Hall–Kier alpha value is -1.88. The van der Waals surface area contributed by atoms with Crippen LogP contribution in [0, 0.1) is 0 Å². The van der Waals surface area contributed by atoms with Gasteiger partial charge in [0, 0.05) is 19.3 Å². The first-order chi connectivity index (χ1) is 15.5. The minimum Gasteiger partial charge on any atom is -0.443 e. The first-order valence-corrected chi connectivity index (χ1v) is 13.3. The zero-order chi connectivity index (χ0) is 24.2. The van der Waals surface area contributed by atoms with E-state index in [0.29, 0.717) is 31.5 Å². The van der Waals surface area contributed by atoms with Crippen LogP contribution in [0.15, 0.2) is 28.1 Å². The highest BCUT2D eigenvalue weighted by molar-refractivity contribution is 7.90. The SMILES string of the molecule is CC(N=C(COC1CCN(C(=O)OC2(C)CCC2)CC1)ON)c1ccc(S(C)(=O)=O)c(Cl)c1. The van der Waals surface area contributed by atoms with Gasteiger partial charge in [-0.3, -0.25) is 0 Å². The highest BCUT2D eigenvalue weighted by Gasteiger charge is 2.37. The van der Waals surface area contributed by atoms with Crippen molar-refractivity contribution in [1.29, 1.82) is 0 Å². The van der Waals surface area contributed by atoms with E-state index < -0.39 is 9.84 Å². The summed E-state index contributed by atoms with van der Waals surface area (Å²) in [6.07, 6.45) is 5.12. The Morgan fingerprint density at radius 2 is 2.00 bits per heavy atom. The number of carbonyl (C=O) groups excluding carboxylic acids is 1. The Balaban J connectivity index is 1.50. The topological polar surface area (TPSA) is 121 Å². The molecule has 0 spiro atoms. The summed E-state index contributed by atoms with van der Waals surface area (Å²) in [6.45, 7) is 5.02. The third-order valence-electron chi connectivity index (χ3n) is 6.20. The fourth-order valence-corrected chi connectivity index (χ4v) is 5.25. The second-order valence-electron chi connectivity index (χ2n) is 8.95. The van der Waals surface area contributed by atoms with Crippen LogP contribution in [0.1, 0.15) is 57.6 Å². The van der Waals surface area contributed by atoms with Crippen molar-refractivity contribution < 1.29 is 27.5 Å². The van der Waals surface area contributed by atoms with Crippen molar-refractivity contribution in [2.24, 2.45) is 10.9 Å². The van der Waals surface area contributed by atoms with Crippen LogP contribution < -0.4 is 5.90 Å². The maximum Gasteiger partial charge on any atom is 0.410 e. The predicted molar refractivity (Wildman–Crippen MR) is 125 cm³/mol. The van der Waals surface area contributed by atoms with E-state index in [1.807, 2.05) is 13.8 Å². The Kier molecular flexibility index (Phi) is 8.26. The van der Waals surface area contributed by atoms with Gasteiger partial charge in [-0.15, -0.1) is 0 Å². The third-order valence-corrected chi connectivity index (χ3v) is 7.78. The van der Waals surface area contributed by atoms with E-state index in [0.717, 1.165) is 25.5 Å². The Bertz CT molecular complexity index is 988. The molecule has 1 amide bonds. The lowest BCUT2D eigenvalue weighted by Crippen LogP contribution is -2.47. The Morgan fingerprint density at radius 1 is 1.33 bits per heavy atom. The average Bonchev–Trinajstić information content (AvgIpc) is 2.74. The number of carbonyl (C=O) groups is 1. The Morgan fingerprint density at radius 3 is 2.52 bits per heavy atom. The van der Waals surface area contributed by atoms with Crippen molar-refractivity contribution in [2.75, 3.05) is 26.0 Å². The summed E-state index contributed by atoms with van der Waals surface area (Å²) in [5.74, 6) is 5.59. The van der Waals surface area contributed by atoms with Crippen molar-refractivity contribution in [3.63, 3.8) is 0 Å². The molecule has 2 fully saturated rings. The normalized spacial score (nSPS) is 20.2. The average molecular weight is 502 g/mol. The number of sulfone groups is 1. The van der Waals surface area contributed by atoms with E-state index >= 15 is 0 Å². The number of hydrogen-bond donors (Lipinski definition) is 1. The highest BCUT2D eigenvalue weighted by Crippen LogP contribution is 2.35. The molecule has 1 atom stereocenters. The van der Waals surface area contributed by atoms with Gasteiger partial charge in [-0.2, -0.15) is 5.90 Å². The minimum absolute atomic E-state index is 0.0486. The van der Waals surface area contributed by atoms with Crippen molar-refractivity contribution >= 4 is 33.4 Å². The van der Waals surface area contributed by atoms with Crippen LogP contribution in [0.3, 0.4) is 0 Å². The van der Waals surface area contributed by atoms with Gasteiger partial charge in [0.2, 0.25) is 5.90 Å². The summed E-state index contributed by atoms with van der Waals surface area (Å²) in [4.78, 5) is 23.5. The molecule has 1 saturated heterocycles. The van der Waals surface area contributed by atoms with Gasteiger partial charge in [0.05, 0.1) is 22.1 Å². The Labute approximate surface area is 200 Å². The molecule has 184 valence electrons. The highest BCUT2D eigenvalue weighted by atomic mass is 35.5. The van der Waals surface area contributed by atoms with Gasteiger partial charge < -0.3 is 19.2 Å². The summed E-state index contributed by atoms with van der Waals surface area (Å²) in [6, 6.07) is 4.31. The first kappa shape index (κ1) is 25.7. The van der Waals surface area contributed by atoms with Crippen LogP contribution in [-0.4, -0.2) is 63.0 Å². The molecule has 3 rings (SSSR count). The van der Waals surface area contributed by atoms with Crippen LogP contribution >= 0.6 is 11.6 Å². The summed E-state index contributed by atoms with van der Waals surface area (Å²) < 4.78 is 35.0. The number of hydrogen-bond acceptors (Lipinski definition) is 8. The molecular weight excluding hydrogens is 470 g/mol. The number of likely N-dealkylation sites (tertiary alicyclic amines) is 1. The molecule has 1 heterocycles. The summed E-state index contributed by atoms with van der Waals surface area (Å²) >= 11 is 6.13. The zero-order valence-corrected chi connectivity index (χ0v) is 20.8. The van der Waals surface area contributed by atoms with Crippen LogP contribution in [-0.2, 0) is 24.1 Å². The minimum atomic E-state index is -3.41. The number of amides is 1. The molecule has 2 N–H and O–H groups in total. The fourth-order valence-electron chi connectivity index (χ4n) is 3.92. The number of aliphatic imine (C=N–C) groups is 1. The molecule has 0 radical (unpaired) electrons. The predicted octanol–water partition coefficient (Wildman–Crippen LogP) is 3.65. The number of rotatable bonds is 7. The lowest BCUT2D eigenvalue weighted by Gasteiger charge is -2.40. The monoisotopic (exact) mass is 501 g/mol. The van der Waals surface area contributed by atoms with Crippen molar-refractivity contribution in [1.82, 2.24) is 4.90 Å². The first-order valence-electron chi connectivity index (χ1n) is 11.0. The van der Waals surface area contributed by atoms with E-state index in [1.165, 1.54) is 6.07 Å². The molecule has 0 bridgehead atoms. The van der Waals surface area contributed by atoms with Crippen molar-refractivity contribution in [3.8, 4) is 0 Å². The second kappa shape index (κ2) is 10.6. The molecule has 9 nitrogen and oxygen atoms in total. The van der Waals surface area contributed by atoms with Gasteiger partial charge in [0.1, 0.15) is 12.2 Å². The van der Waals surface area contributed by atoms with Gasteiger partial charge >= 0.3 is 6.09 Å². The van der Waals surface area contributed by atoms with Crippen LogP contribution in [0.25, 0.3) is 0 Å². The molecule has 1 aromatic carbocycles. The third kappa shape index (κ3) is 6.81. The molecule has 0 aromatic heterocycles. The van der Waals surface area contributed by atoms with Crippen molar-refractivity contribution in [2.45, 2.75) is 68.6 Å². The van der Waals surface area contributed by atoms with Crippen molar-refractivity contribution in [3.05, 3.63) is 28.8 Å². The molecule has 1 unspecified atom stereocenters. The molecule has 1 saturated carbocycles. The van der Waals surface area contributed by atoms with Crippen LogP contribution in [0.5, 0.6) is 0 Å². The van der Waals surface area contributed by atoms with Gasteiger partial charge in [-0.05, 0) is 63.6 Å². The summed E-state index contributed by atoms with van der Waals surface area (Å²) in [5, 5.41) is 0.139. The van der Waals surface area contributed by atoms with Crippen LogP contribution in [0.4, 0.5) is 4.79 Å². The lowest BCUT2D eigenvalue weighted by atomic mass is 9.82. The van der Waals surface area contributed by atoms with Gasteiger partial charge in [0.15, 0.2) is 9.84 Å². The van der Waals surface area contributed by atoms with E-state index in [1.54, 1.807) is 17.0 Å². The fraction of sp³-hybridized carbons (Fsp3) is 0.636. The van der Waals surface area contributed by atoms with Gasteiger partial charge in [-0.25, -0.2) is 18.2 Å². The number of halogens is 1. The molecule has 2 aliphatic rings. The van der Waals surface area contributed by atoms with E-state index in [9.17, 15) is 13.2 Å². The maximum absolute atomic E-state index is 12.3. The molecule has 1 aliphatic carbocycles.